The summed E-state index contributed by atoms with van der Waals surface area (Å²) in [6.07, 6.45) is -0.0158. The molecule has 0 N–H and O–H groups in total. The quantitative estimate of drug-likeness (QED) is 0.479. The second-order valence-corrected chi connectivity index (χ2v) is 2.37. The summed E-state index contributed by atoms with van der Waals surface area (Å²) in [5, 5.41) is 0. The molecule has 0 aromatic carbocycles. The summed E-state index contributed by atoms with van der Waals surface area (Å²) in [6.45, 7) is 1.90. The highest BCUT2D eigenvalue weighted by Crippen LogP contribution is 2.23. The number of ether oxygens (including phenoxy) is 1. The minimum absolute atomic E-state index is 0.250. The fraction of sp³-hybridized carbons (Fsp3) is 1.00. The second-order valence-electron chi connectivity index (χ2n) is 2.37. The lowest BCUT2D eigenvalue weighted by atomic mass is 9.96. The number of alkyl halides is 1. The van der Waals surface area contributed by atoms with Crippen molar-refractivity contribution in [2.75, 3.05) is 0 Å². The van der Waals surface area contributed by atoms with Gasteiger partial charge in [0.2, 0.25) is 0 Å². The van der Waals surface area contributed by atoms with Crippen molar-refractivity contribution in [1.29, 1.82) is 0 Å². The van der Waals surface area contributed by atoms with Crippen molar-refractivity contribution in [2.45, 2.75) is 38.0 Å². The van der Waals surface area contributed by atoms with Crippen molar-refractivity contribution < 1.29 is 9.13 Å². The van der Waals surface area contributed by atoms with E-state index in [9.17, 15) is 4.39 Å². The molecule has 0 amide bonds. The molecule has 0 aliphatic carbocycles. The van der Waals surface area contributed by atoms with Crippen LogP contribution in [-0.4, -0.2) is 26.1 Å². The van der Waals surface area contributed by atoms with Gasteiger partial charge in [0.25, 0.3) is 0 Å². The van der Waals surface area contributed by atoms with E-state index in [1.165, 1.54) is 0 Å². The summed E-state index contributed by atoms with van der Waals surface area (Å²) < 4.78 is 17.7. The van der Waals surface area contributed by atoms with Crippen molar-refractivity contribution in [1.82, 2.24) is 0 Å². The zero-order chi connectivity index (χ0) is 6.85. The van der Waals surface area contributed by atoms with E-state index in [0.29, 0.717) is 6.42 Å². The molecule has 0 aromatic heterocycles. The minimum Gasteiger partial charge on any atom is -0.382 e. The van der Waals surface area contributed by atoms with Crippen LogP contribution in [0.1, 0.15) is 19.8 Å². The van der Waals surface area contributed by atoms with Crippen LogP contribution in [0.4, 0.5) is 4.39 Å². The van der Waals surface area contributed by atoms with Crippen LogP contribution in [0.15, 0.2) is 0 Å². The predicted molar refractivity (Wildman–Crippen MR) is 34.2 cm³/mol. The number of hydrogen-bond donors (Lipinski definition) is 0. The normalized spacial score (nSPS) is 43.6. The molecule has 1 saturated heterocycles. The van der Waals surface area contributed by atoms with Crippen LogP contribution in [0.2, 0.25) is 0 Å². The van der Waals surface area contributed by atoms with Gasteiger partial charge in [-0.1, -0.05) is 6.92 Å². The van der Waals surface area contributed by atoms with Gasteiger partial charge in [0, 0.05) is 6.00 Å². The average Bonchev–Trinajstić information content (AvgIpc) is 2.10. The highest BCUT2D eigenvalue weighted by atomic mass is 19.1. The Kier molecular flexibility index (Phi) is 2.11. The molecule has 1 heterocycles. The zero-order valence-electron chi connectivity index (χ0n) is 5.51. The van der Waals surface area contributed by atoms with Crippen LogP contribution >= 0.6 is 0 Å². The molecule has 3 atom stereocenters. The van der Waals surface area contributed by atoms with Crippen molar-refractivity contribution >= 4 is 7.85 Å². The average molecular weight is 128 g/mol. The second kappa shape index (κ2) is 2.69. The molecule has 50 valence electrons. The summed E-state index contributed by atoms with van der Waals surface area (Å²) in [4.78, 5) is 0. The van der Waals surface area contributed by atoms with Gasteiger partial charge >= 0.3 is 0 Å². The van der Waals surface area contributed by atoms with Crippen LogP contribution in [0.5, 0.6) is 0 Å². The first-order valence-electron chi connectivity index (χ1n) is 3.29. The third kappa shape index (κ3) is 1.45. The third-order valence-corrected chi connectivity index (χ3v) is 1.61. The molecular formula is C6H10BFO. The third-order valence-electron chi connectivity index (χ3n) is 1.61. The Hall–Kier alpha value is -0.0451. The smallest absolute Gasteiger partial charge is 0.128 e. The lowest BCUT2D eigenvalue weighted by molar-refractivity contribution is 0.0591. The van der Waals surface area contributed by atoms with E-state index in [2.05, 4.69) is 0 Å². The molecule has 1 aliphatic rings. The van der Waals surface area contributed by atoms with Crippen LogP contribution in [0.25, 0.3) is 0 Å². The van der Waals surface area contributed by atoms with Gasteiger partial charge in [-0.2, -0.15) is 0 Å². The first kappa shape index (κ1) is 7.07. The fourth-order valence-corrected chi connectivity index (χ4v) is 1.09. The van der Waals surface area contributed by atoms with Crippen LogP contribution in [0.3, 0.4) is 0 Å². The molecule has 0 bridgehead atoms. The van der Waals surface area contributed by atoms with E-state index < -0.39 is 6.17 Å². The summed E-state index contributed by atoms with van der Waals surface area (Å²) in [5.74, 6) is 0. The van der Waals surface area contributed by atoms with Gasteiger partial charge in [-0.05, 0) is 12.8 Å². The lowest BCUT2D eigenvalue weighted by Gasteiger charge is -2.08. The minimum atomic E-state index is -0.843. The largest absolute Gasteiger partial charge is 0.382 e. The Morgan fingerprint density at radius 2 is 2.44 bits per heavy atom. The van der Waals surface area contributed by atoms with Gasteiger partial charge in [-0.3, -0.25) is 0 Å². The van der Waals surface area contributed by atoms with Crippen LogP contribution in [-0.2, 0) is 4.74 Å². The molecule has 1 fully saturated rings. The molecular weight excluding hydrogens is 118 g/mol. The van der Waals surface area contributed by atoms with Crippen LogP contribution in [0, 0.1) is 0 Å². The predicted octanol–water partition coefficient (Wildman–Crippen LogP) is 1.02. The highest BCUT2D eigenvalue weighted by Gasteiger charge is 2.30. The SMILES string of the molecule is [B]C1CC(F)C(CC)O1. The first-order chi connectivity index (χ1) is 4.24. The number of hydrogen-bond acceptors (Lipinski definition) is 1. The van der Waals surface area contributed by atoms with Crippen LogP contribution < -0.4 is 0 Å². The van der Waals surface area contributed by atoms with Crippen molar-refractivity contribution in [3.05, 3.63) is 0 Å². The maximum absolute atomic E-state index is 12.6. The molecule has 0 saturated carbocycles. The van der Waals surface area contributed by atoms with E-state index in [4.69, 9.17) is 12.6 Å². The van der Waals surface area contributed by atoms with Gasteiger partial charge in [0.1, 0.15) is 14.0 Å². The molecule has 3 unspecified atom stereocenters. The Labute approximate surface area is 56.0 Å². The summed E-state index contributed by atoms with van der Waals surface area (Å²) in [5.41, 5.74) is 0. The van der Waals surface area contributed by atoms with E-state index >= 15 is 0 Å². The molecule has 9 heavy (non-hydrogen) atoms. The van der Waals surface area contributed by atoms with Gasteiger partial charge < -0.3 is 4.74 Å². The standard InChI is InChI=1S/C6H10BFO/c1-2-5-4(8)3-6(7)9-5/h4-6H,2-3H2,1H3. The fourth-order valence-electron chi connectivity index (χ4n) is 1.09. The molecule has 2 radical (unpaired) electrons. The molecule has 1 nitrogen and oxygen atoms in total. The van der Waals surface area contributed by atoms with Crippen molar-refractivity contribution in [3.63, 3.8) is 0 Å². The van der Waals surface area contributed by atoms with E-state index in [1.807, 2.05) is 6.92 Å². The maximum Gasteiger partial charge on any atom is 0.128 e. The first-order valence-corrected chi connectivity index (χ1v) is 3.29. The zero-order valence-corrected chi connectivity index (χ0v) is 5.51. The number of halogens is 1. The van der Waals surface area contributed by atoms with Gasteiger partial charge in [-0.15, -0.1) is 0 Å². The Bertz CT molecular complexity index is 99.1. The summed E-state index contributed by atoms with van der Waals surface area (Å²) in [6, 6.07) is -0.370. The Morgan fingerprint density at radius 1 is 1.78 bits per heavy atom. The van der Waals surface area contributed by atoms with Gasteiger partial charge in [-0.25, -0.2) is 4.39 Å². The van der Waals surface area contributed by atoms with Crippen molar-refractivity contribution in [2.24, 2.45) is 0 Å². The topological polar surface area (TPSA) is 9.23 Å². The Morgan fingerprint density at radius 3 is 2.67 bits per heavy atom. The highest BCUT2D eigenvalue weighted by molar-refractivity contribution is 6.11. The van der Waals surface area contributed by atoms with Gasteiger partial charge in [0.05, 0.1) is 6.10 Å². The molecule has 0 aromatic rings. The van der Waals surface area contributed by atoms with E-state index in [-0.39, 0.29) is 12.1 Å². The Balaban J connectivity index is 2.38. The van der Waals surface area contributed by atoms with Crippen molar-refractivity contribution in [3.8, 4) is 0 Å². The molecule has 1 aliphatic heterocycles. The summed E-state index contributed by atoms with van der Waals surface area (Å²) in [7, 11) is 5.33. The van der Waals surface area contributed by atoms with E-state index in [0.717, 1.165) is 6.42 Å². The van der Waals surface area contributed by atoms with E-state index in [1.54, 1.807) is 0 Å². The monoisotopic (exact) mass is 128 g/mol. The van der Waals surface area contributed by atoms with Gasteiger partial charge in [0.15, 0.2) is 0 Å². The maximum atomic E-state index is 12.6. The number of rotatable bonds is 1. The lowest BCUT2D eigenvalue weighted by Crippen LogP contribution is -2.15. The summed E-state index contributed by atoms with van der Waals surface area (Å²) >= 11 is 0. The molecule has 3 heteroatoms. The molecule has 1 rings (SSSR count). The molecule has 0 spiro atoms.